The average molecular weight is 531 g/mol. The topological polar surface area (TPSA) is 75.7 Å². The van der Waals surface area contributed by atoms with E-state index >= 15 is 0 Å². The number of carbonyl (C=O) groups excluding carboxylic acids is 1. The molecule has 8 heteroatoms. The predicted octanol–water partition coefficient (Wildman–Crippen LogP) is 5.16. The lowest BCUT2D eigenvalue weighted by Gasteiger charge is -2.23. The maximum absolute atomic E-state index is 13.5. The number of amides is 1. The molecule has 0 fully saturated rings. The maximum Gasteiger partial charge on any atom is 0.243 e. The average Bonchev–Trinajstić information content (AvgIpc) is 2.81. The lowest BCUT2D eigenvalue weighted by molar-refractivity contribution is -0.116. The summed E-state index contributed by atoms with van der Waals surface area (Å²) in [4.78, 5) is 13.1. The third-order valence-electron chi connectivity index (χ3n) is 5.25. The standard InChI is InChI=1S/C25H27BrN2O4S/c1-4-20-15-21(26)14-18(2)25(20)27-24(29)17-28(16-19-8-6-5-7-9-19)33(30,31)23-12-10-22(32-3)11-13-23/h5-15H,4,16-17H2,1-3H3,(H,27,29). The van der Waals surface area contributed by atoms with Gasteiger partial charge in [-0.25, -0.2) is 8.42 Å². The van der Waals surface area contributed by atoms with Gasteiger partial charge in [-0.3, -0.25) is 4.79 Å². The molecule has 174 valence electrons. The van der Waals surface area contributed by atoms with E-state index < -0.39 is 15.9 Å². The maximum atomic E-state index is 13.5. The molecule has 0 unspecified atom stereocenters. The van der Waals surface area contributed by atoms with E-state index in [2.05, 4.69) is 21.2 Å². The highest BCUT2D eigenvalue weighted by atomic mass is 79.9. The number of carbonyl (C=O) groups is 1. The number of nitrogens with zero attached hydrogens (tertiary/aromatic N) is 1. The number of hydrogen-bond acceptors (Lipinski definition) is 4. The van der Waals surface area contributed by atoms with Crippen molar-refractivity contribution < 1.29 is 17.9 Å². The Morgan fingerprint density at radius 2 is 1.73 bits per heavy atom. The Labute approximate surface area is 203 Å². The molecule has 1 N–H and O–H groups in total. The second kappa shape index (κ2) is 11.0. The van der Waals surface area contributed by atoms with Crippen LogP contribution in [0, 0.1) is 6.92 Å². The minimum Gasteiger partial charge on any atom is -0.497 e. The minimum atomic E-state index is -3.93. The Balaban J connectivity index is 1.90. The Kier molecular flexibility index (Phi) is 8.29. The predicted molar refractivity (Wildman–Crippen MR) is 134 cm³/mol. The van der Waals surface area contributed by atoms with Crippen molar-refractivity contribution in [3.63, 3.8) is 0 Å². The van der Waals surface area contributed by atoms with Gasteiger partial charge in [0, 0.05) is 16.7 Å². The molecule has 1 amide bonds. The lowest BCUT2D eigenvalue weighted by Crippen LogP contribution is -2.37. The van der Waals surface area contributed by atoms with Crippen molar-refractivity contribution in [3.05, 3.63) is 87.9 Å². The van der Waals surface area contributed by atoms with E-state index in [1.165, 1.54) is 23.5 Å². The van der Waals surface area contributed by atoms with Crippen LogP contribution in [-0.2, 0) is 27.8 Å². The third kappa shape index (κ3) is 6.22. The molecule has 0 aliphatic heterocycles. The van der Waals surface area contributed by atoms with E-state index in [9.17, 15) is 13.2 Å². The molecule has 0 saturated carbocycles. The van der Waals surface area contributed by atoms with Gasteiger partial charge in [0.05, 0.1) is 18.6 Å². The van der Waals surface area contributed by atoms with Gasteiger partial charge in [-0.2, -0.15) is 4.31 Å². The van der Waals surface area contributed by atoms with Gasteiger partial charge in [-0.15, -0.1) is 0 Å². The summed E-state index contributed by atoms with van der Waals surface area (Å²) in [7, 11) is -2.42. The SMILES string of the molecule is CCc1cc(Br)cc(C)c1NC(=O)CN(Cc1ccccc1)S(=O)(=O)c1ccc(OC)cc1. The normalized spacial score (nSPS) is 11.4. The first-order valence-corrected chi connectivity index (χ1v) is 12.7. The van der Waals surface area contributed by atoms with Crippen LogP contribution in [-0.4, -0.2) is 32.3 Å². The first kappa shape index (κ1) is 25.0. The van der Waals surface area contributed by atoms with Crippen LogP contribution >= 0.6 is 15.9 Å². The van der Waals surface area contributed by atoms with E-state index in [4.69, 9.17) is 4.74 Å². The molecule has 0 aliphatic rings. The third-order valence-corrected chi connectivity index (χ3v) is 7.51. The highest BCUT2D eigenvalue weighted by molar-refractivity contribution is 9.10. The Morgan fingerprint density at radius 3 is 2.33 bits per heavy atom. The van der Waals surface area contributed by atoms with Crippen LogP contribution in [0.3, 0.4) is 0 Å². The molecule has 6 nitrogen and oxygen atoms in total. The van der Waals surface area contributed by atoms with Crippen molar-refractivity contribution in [2.45, 2.75) is 31.7 Å². The van der Waals surface area contributed by atoms with Gasteiger partial charge >= 0.3 is 0 Å². The fourth-order valence-electron chi connectivity index (χ4n) is 3.52. The number of methoxy groups -OCH3 is 1. The largest absolute Gasteiger partial charge is 0.497 e. The van der Waals surface area contributed by atoms with E-state index in [0.29, 0.717) is 11.4 Å². The van der Waals surface area contributed by atoms with Gasteiger partial charge in [0.25, 0.3) is 0 Å². The molecule has 0 saturated heterocycles. The van der Waals surface area contributed by atoms with Crippen LogP contribution < -0.4 is 10.1 Å². The summed E-state index contributed by atoms with van der Waals surface area (Å²) in [6.07, 6.45) is 0.730. The van der Waals surface area contributed by atoms with Crippen molar-refractivity contribution in [1.82, 2.24) is 4.31 Å². The van der Waals surface area contributed by atoms with Crippen molar-refractivity contribution in [2.24, 2.45) is 0 Å². The molecule has 0 bridgehead atoms. The summed E-state index contributed by atoms with van der Waals surface area (Å²) in [5, 5.41) is 2.93. The van der Waals surface area contributed by atoms with E-state index in [-0.39, 0.29) is 18.0 Å². The molecule has 33 heavy (non-hydrogen) atoms. The first-order valence-electron chi connectivity index (χ1n) is 10.5. The zero-order valence-corrected chi connectivity index (χ0v) is 21.2. The van der Waals surface area contributed by atoms with Crippen LogP contribution in [0.2, 0.25) is 0 Å². The summed E-state index contributed by atoms with van der Waals surface area (Å²) in [6.45, 7) is 3.67. The Hall–Kier alpha value is -2.68. The summed E-state index contributed by atoms with van der Waals surface area (Å²) in [5.41, 5.74) is 3.38. The van der Waals surface area contributed by atoms with Gasteiger partial charge in [-0.1, -0.05) is 53.2 Å². The number of nitrogens with one attached hydrogen (secondary N) is 1. The molecule has 3 aromatic carbocycles. The number of hydrogen-bond donors (Lipinski definition) is 1. The minimum absolute atomic E-state index is 0.0720. The van der Waals surface area contributed by atoms with Gasteiger partial charge < -0.3 is 10.1 Å². The Morgan fingerprint density at radius 1 is 1.06 bits per heavy atom. The Bertz CT molecular complexity index is 1210. The highest BCUT2D eigenvalue weighted by Gasteiger charge is 2.27. The molecule has 0 aliphatic carbocycles. The fraction of sp³-hybridized carbons (Fsp3) is 0.240. The summed E-state index contributed by atoms with van der Waals surface area (Å²) >= 11 is 3.48. The van der Waals surface area contributed by atoms with E-state index in [1.54, 1.807) is 12.1 Å². The van der Waals surface area contributed by atoms with Gasteiger partial charge in [-0.05, 0) is 66.4 Å². The summed E-state index contributed by atoms with van der Waals surface area (Å²) in [6, 6.07) is 19.2. The smallest absolute Gasteiger partial charge is 0.243 e. The zero-order valence-electron chi connectivity index (χ0n) is 18.8. The summed E-state index contributed by atoms with van der Waals surface area (Å²) < 4.78 is 34.2. The number of sulfonamides is 1. The van der Waals surface area contributed by atoms with E-state index in [1.807, 2.05) is 56.3 Å². The summed E-state index contributed by atoms with van der Waals surface area (Å²) in [5.74, 6) is 0.155. The molecule has 0 radical (unpaired) electrons. The second-order valence-electron chi connectivity index (χ2n) is 7.59. The quantitative estimate of drug-likeness (QED) is 0.414. The molecule has 3 rings (SSSR count). The van der Waals surface area contributed by atoms with Crippen LogP contribution in [0.15, 0.2) is 76.1 Å². The van der Waals surface area contributed by atoms with Crippen LogP contribution in [0.25, 0.3) is 0 Å². The van der Waals surface area contributed by atoms with Gasteiger partial charge in [0.1, 0.15) is 5.75 Å². The molecule has 0 spiro atoms. The number of benzene rings is 3. The van der Waals surface area contributed by atoms with Crippen LogP contribution in [0.1, 0.15) is 23.6 Å². The molecular weight excluding hydrogens is 504 g/mol. The zero-order chi connectivity index (χ0) is 24.0. The fourth-order valence-corrected chi connectivity index (χ4v) is 5.52. The first-order chi connectivity index (χ1) is 15.7. The number of aryl methyl sites for hydroxylation is 2. The molecule has 3 aromatic rings. The number of halogens is 1. The molecule has 0 aromatic heterocycles. The van der Waals surface area contributed by atoms with Gasteiger partial charge in [0.2, 0.25) is 15.9 Å². The number of rotatable bonds is 9. The van der Waals surface area contributed by atoms with Crippen molar-refractivity contribution in [3.8, 4) is 5.75 Å². The van der Waals surface area contributed by atoms with Crippen molar-refractivity contribution in [1.29, 1.82) is 0 Å². The van der Waals surface area contributed by atoms with Crippen LogP contribution in [0.5, 0.6) is 5.75 Å². The number of ether oxygens (including phenoxy) is 1. The highest BCUT2D eigenvalue weighted by Crippen LogP contribution is 2.27. The monoisotopic (exact) mass is 530 g/mol. The second-order valence-corrected chi connectivity index (χ2v) is 10.4. The van der Waals surface area contributed by atoms with E-state index in [0.717, 1.165) is 27.6 Å². The van der Waals surface area contributed by atoms with Crippen LogP contribution in [0.4, 0.5) is 5.69 Å². The number of anilines is 1. The van der Waals surface area contributed by atoms with Gasteiger partial charge in [0.15, 0.2) is 0 Å². The molecular formula is C25H27BrN2O4S. The lowest BCUT2D eigenvalue weighted by atomic mass is 10.1. The molecule has 0 heterocycles. The molecule has 0 atom stereocenters. The van der Waals surface area contributed by atoms with Crippen molar-refractivity contribution >= 4 is 37.5 Å². The van der Waals surface area contributed by atoms with Crippen molar-refractivity contribution in [2.75, 3.05) is 19.0 Å².